The van der Waals surface area contributed by atoms with Gasteiger partial charge in [-0.05, 0) is 42.7 Å². The summed E-state index contributed by atoms with van der Waals surface area (Å²) in [6.45, 7) is 4.69. The first-order chi connectivity index (χ1) is 13.5. The summed E-state index contributed by atoms with van der Waals surface area (Å²) in [7, 11) is 1.62. The Kier molecular flexibility index (Phi) is 6.29. The molecule has 3 rings (SSSR count). The van der Waals surface area contributed by atoms with Crippen molar-refractivity contribution in [3.05, 3.63) is 53.7 Å². The highest BCUT2D eigenvalue weighted by Gasteiger charge is 2.44. The maximum Gasteiger partial charge on any atom is 0.231 e. The third-order valence-electron chi connectivity index (χ3n) is 5.14. The highest BCUT2D eigenvalue weighted by atomic mass is 16.5. The monoisotopic (exact) mass is 381 g/mol. The number of anilines is 1. The smallest absolute Gasteiger partial charge is 0.231 e. The van der Waals surface area contributed by atoms with Crippen molar-refractivity contribution in [2.45, 2.75) is 39.2 Å². The van der Waals surface area contributed by atoms with Crippen LogP contribution in [0.5, 0.6) is 5.75 Å². The number of nitrogens with zero attached hydrogens (tertiary/aromatic N) is 2. The first-order valence-corrected chi connectivity index (χ1v) is 9.70. The first-order valence-electron chi connectivity index (χ1n) is 9.70. The van der Waals surface area contributed by atoms with Crippen LogP contribution in [0.15, 0.2) is 42.6 Å². The minimum Gasteiger partial charge on any atom is -0.497 e. The summed E-state index contributed by atoms with van der Waals surface area (Å²) >= 11 is 0. The number of aromatic nitrogens is 1. The molecule has 2 heterocycles. The summed E-state index contributed by atoms with van der Waals surface area (Å²) in [5.41, 5.74) is 1.97. The van der Waals surface area contributed by atoms with Crippen molar-refractivity contribution in [3.63, 3.8) is 0 Å². The number of pyridine rings is 1. The summed E-state index contributed by atoms with van der Waals surface area (Å²) in [6.07, 6.45) is 3.82. The van der Waals surface area contributed by atoms with Gasteiger partial charge in [-0.15, -0.1) is 0 Å². The van der Waals surface area contributed by atoms with E-state index in [1.165, 1.54) is 0 Å². The molecule has 0 radical (unpaired) electrons. The number of ether oxygens (including phenoxy) is 1. The van der Waals surface area contributed by atoms with E-state index in [2.05, 4.69) is 17.2 Å². The van der Waals surface area contributed by atoms with Crippen LogP contribution in [0.4, 0.5) is 5.82 Å². The van der Waals surface area contributed by atoms with Crippen molar-refractivity contribution in [2.24, 2.45) is 5.92 Å². The predicted octanol–water partition coefficient (Wildman–Crippen LogP) is 3.73. The van der Waals surface area contributed by atoms with E-state index >= 15 is 0 Å². The van der Waals surface area contributed by atoms with Crippen LogP contribution in [0.3, 0.4) is 0 Å². The van der Waals surface area contributed by atoms with Gasteiger partial charge in [0.25, 0.3) is 0 Å². The maximum absolute atomic E-state index is 13.0. The molecule has 28 heavy (non-hydrogen) atoms. The summed E-state index contributed by atoms with van der Waals surface area (Å²) in [4.78, 5) is 31.8. The summed E-state index contributed by atoms with van der Waals surface area (Å²) in [5, 5.41) is 2.88. The van der Waals surface area contributed by atoms with Crippen LogP contribution in [0, 0.1) is 12.8 Å². The molecule has 148 valence electrons. The SMILES string of the molecule is CCCCN1C(=O)C[C@H](C(=O)Nc2ccc(C)cn2)[C@@H]1c1ccc(OC)cc1. The Balaban J connectivity index is 1.86. The Hall–Kier alpha value is -2.89. The third kappa shape index (κ3) is 4.32. The lowest BCUT2D eigenvalue weighted by Crippen LogP contribution is -2.33. The Bertz CT molecular complexity index is 818. The number of nitrogens with one attached hydrogen (secondary N) is 1. The topological polar surface area (TPSA) is 71.5 Å². The van der Waals surface area contributed by atoms with Crippen LogP contribution < -0.4 is 10.1 Å². The fourth-order valence-electron chi connectivity index (χ4n) is 3.59. The number of benzene rings is 1. The molecular weight excluding hydrogens is 354 g/mol. The molecule has 1 aromatic heterocycles. The second-order valence-electron chi connectivity index (χ2n) is 7.18. The van der Waals surface area contributed by atoms with Gasteiger partial charge in [-0.25, -0.2) is 4.98 Å². The number of carbonyl (C=O) groups is 2. The average molecular weight is 381 g/mol. The van der Waals surface area contributed by atoms with Crippen LogP contribution in [0.2, 0.25) is 0 Å². The van der Waals surface area contributed by atoms with Crippen molar-refractivity contribution in [1.82, 2.24) is 9.88 Å². The lowest BCUT2D eigenvalue weighted by molar-refractivity contribution is -0.129. The highest BCUT2D eigenvalue weighted by Crippen LogP contribution is 2.39. The van der Waals surface area contributed by atoms with E-state index < -0.39 is 5.92 Å². The van der Waals surface area contributed by atoms with Gasteiger partial charge in [0.05, 0.1) is 19.1 Å². The summed E-state index contributed by atoms with van der Waals surface area (Å²) in [6, 6.07) is 11.0. The lowest BCUT2D eigenvalue weighted by atomic mass is 9.92. The maximum atomic E-state index is 13.0. The Morgan fingerprint density at radius 2 is 2.00 bits per heavy atom. The fourth-order valence-corrected chi connectivity index (χ4v) is 3.59. The Morgan fingerprint density at radius 3 is 2.61 bits per heavy atom. The number of amides is 2. The molecule has 2 aromatic rings. The quantitative estimate of drug-likeness (QED) is 0.793. The molecule has 1 N–H and O–H groups in total. The average Bonchev–Trinajstić information content (AvgIpc) is 3.04. The van der Waals surface area contributed by atoms with Crippen molar-refractivity contribution in [2.75, 3.05) is 19.0 Å². The number of carbonyl (C=O) groups excluding carboxylic acids is 2. The Labute approximate surface area is 165 Å². The van der Waals surface area contributed by atoms with E-state index in [0.29, 0.717) is 12.4 Å². The molecular formula is C22H27N3O3. The van der Waals surface area contributed by atoms with Crippen LogP contribution in [-0.4, -0.2) is 35.4 Å². The van der Waals surface area contributed by atoms with E-state index in [4.69, 9.17) is 4.74 Å². The number of likely N-dealkylation sites (tertiary alicyclic amines) is 1. The molecule has 0 unspecified atom stereocenters. The second-order valence-corrected chi connectivity index (χ2v) is 7.18. The van der Waals surface area contributed by atoms with Gasteiger partial charge in [0.15, 0.2) is 0 Å². The van der Waals surface area contributed by atoms with Crippen molar-refractivity contribution in [3.8, 4) is 5.75 Å². The fraction of sp³-hybridized carbons (Fsp3) is 0.409. The van der Waals surface area contributed by atoms with E-state index in [1.807, 2.05) is 42.2 Å². The zero-order chi connectivity index (χ0) is 20.1. The van der Waals surface area contributed by atoms with Crippen molar-refractivity contribution >= 4 is 17.6 Å². The standard InChI is InChI=1S/C22H27N3O3/c1-4-5-12-25-20(26)13-18(21(25)16-7-9-17(28-3)10-8-16)22(27)24-19-11-6-15(2)14-23-19/h6-11,14,18,21H,4-5,12-13H2,1-3H3,(H,23,24,27)/t18-,21-/m0/s1. The molecule has 0 bridgehead atoms. The van der Waals surface area contributed by atoms with E-state index in [-0.39, 0.29) is 24.3 Å². The van der Waals surface area contributed by atoms with Crippen LogP contribution in [-0.2, 0) is 9.59 Å². The number of rotatable bonds is 7. The molecule has 2 atom stereocenters. The van der Waals surface area contributed by atoms with Gasteiger partial charge in [0.2, 0.25) is 11.8 Å². The van der Waals surface area contributed by atoms with Crippen LogP contribution in [0.25, 0.3) is 0 Å². The van der Waals surface area contributed by atoms with E-state index in [1.54, 1.807) is 19.4 Å². The zero-order valence-corrected chi connectivity index (χ0v) is 16.6. The molecule has 0 spiro atoms. The van der Waals surface area contributed by atoms with E-state index in [9.17, 15) is 9.59 Å². The van der Waals surface area contributed by atoms with Crippen molar-refractivity contribution in [1.29, 1.82) is 0 Å². The molecule has 0 saturated carbocycles. The largest absolute Gasteiger partial charge is 0.497 e. The summed E-state index contributed by atoms with van der Waals surface area (Å²) < 4.78 is 5.24. The molecule has 6 nitrogen and oxygen atoms in total. The normalized spacial score (nSPS) is 19.0. The number of hydrogen-bond acceptors (Lipinski definition) is 4. The molecule has 1 aliphatic rings. The number of hydrogen-bond donors (Lipinski definition) is 1. The van der Waals surface area contributed by atoms with Gasteiger partial charge in [0, 0.05) is 19.2 Å². The third-order valence-corrected chi connectivity index (χ3v) is 5.14. The number of aryl methyl sites for hydroxylation is 1. The molecule has 1 fully saturated rings. The van der Waals surface area contributed by atoms with Gasteiger partial charge in [0.1, 0.15) is 11.6 Å². The zero-order valence-electron chi connectivity index (χ0n) is 16.6. The molecule has 1 aliphatic heterocycles. The number of methoxy groups -OCH3 is 1. The van der Waals surface area contributed by atoms with Gasteiger partial charge >= 0.3 is 0 Å². The summed E-state index contributed by atoms with van der Waals surface area (Å²) in [5.74, 6) is 0.637. The minimum absolute atomic E-state index is 0.0197. The van der Waals surface area contributed by atoms with Gasteiger partial charge in [-0.3, -0.25) is 9.59 Å². The molecule has 2 amide bonds. The van der Waals surface area contributed by atoms with E-state index in [0.717, 1.165) is 29.7 Å². The first kappa shape index (κ1) is 19.9. The van der Waals surface area contributed by atoms with Crippen molar-refractivity contribution < 1.29 is 14.3 Å². The minimum atomic E-state index is -0.458. The molecule has 1 saturated heterocycles. The molecule has 6 heteroatoms. The van der Waals surface area contributed by atoms with Crippen LogP contribution in [0.1, 0.15) is 43.4 Å². The van der Waals surface area contributed by atoms with Crippen LogP contribution >= 0.6 is 0 Å². The highest BCUT2D eigenvalue weighted by molar-refractivity contribution is 5.97. The Morgan fingerprint density at radius 1 is 1.25 bits per heavy atom. The van der Waals surface area contributed by atoms with Gasteiger partial charge < -0.3 is 15.0 Å². The van der Waals surface area contributed by atoms with Gasteiger partial charge in [-0.2, -0.15) is 0 Å². The second kappa shape index (κ2) is 8.87. The number of unbranched alkanes of at least 4 members (excludes halogenated alkanes) is 1. The lowest BCUT2D eigenvalue weighted by Gasteiger charge is -2.28. The van der Waals surface area contributed by atoms with Gasteiger partial charge in [-0.1, -0.05) is 31.5 Å². The molecule has 1 aromatic carbocycles. The predicted molar refractivity (Wildman–Crippen MR) is 108 cm³/mol. The molecule has 0 aliphatic carbocycles.